The fraction of sp³-hybridized carbons (Fsp3) is 0.182. The highest BCUT2D eigenvalue weighted by molar-refractivity contribution is 5.67. The standard InChI is InChI=1S/C11H9N3O3/c15-11(16)14-4-8-2-1-7(3-9(8)5-14)10-12-6-17-13-10/h1-3,6H,4-5H2,(H,15,16). The smallest absolute Gasteiger partial charge is 0.407 e. The zero-order valence-electron chi connectivity index (χ0n) is 8.83. The van der Waals surface area contributed by atoms with Gasteiger partial charge < -0.3 is 9.63 Å². The summed E-state index contributed by atoms with van der Waals surface area (Å²) in [7, 11) is 0. The molecule has 0 fully saturated rings. The topological polar surface area (TPSA) is 79.5 Å². The van der Waals surface area contributed by atoms with E-state index in [0.717, 1.165) is 16.7 Å². The Kier molecular flexibility index (Phi) is 2.07. The maximum absolute atomic E-state index is 10.9. The third kappa shape index (κ3) is 1.63. The summed E-state index contributed by atoms with van der Waals surface area (Å²) in [5, 5.41) is 12.7. The second kappa shape index (κ2) is 3.58. The molecule has 1 N–H and O–H groups in total. The average Bonchev–Trinajstić information content (AvgIpc) is 2.97. The van der Waals surface area contributed by atoms with Crippen molar-refractivity contribution in [1.82, 2.24) is 15.0 Å². The second-order valence-electron chi connectivity index (χ2n) is 3.88. The highest BCUT2D eigenvalue weighted by Gasteiger charge is 2.23. The van der Waals surface area contributed by atoms with Gasteiger partial charge >= 0.3 is 6.09 Å². The molecule has 3 rings (SSSR count). The Balaban J connectivity index is 1.95. The van der Waals surface area contributed by atoms with Gasteiger partial charge in [-0.05, 0) is 17.2 Å². The summed E-state index contributed by atoms with van der Waals surface area (Å²) in [6, 6.07) is 5.68. The molecule has 0 aliphatic carbocycles. The molecule has 0 spiro atoms. The molecule has 1 aromatic heterocycles. The zero-order valence-corrected chi connectivity index (χ0v) is 8.83. The van der Waals surface area contributed by atoms with Gasteiger partial charge in [-0.2, -0.15) is 4.98 Å². The van der Waals surface area contributed by atoms with Crippen LogP contribution in [0.1, 0.15) is 11.1 Å². The minimum Gasteiger partial charge on any atom is -0.465 e. The number of carboxylic acid groups (broad SMARTS) is 1. The maximum atomic E-state index is 10.9. The summed E-state index contributed by atoms with van der Waals surface area (Å²) in [4.78, 5) is 16.2. The highest BCUT2D eigenvalue weighted by Crippen LogP contribution is 2.26. The van der Waals surface area contributed by atoms with Gasteiger partial charge in [-0.25, -0.2) is 4.79 Å². The molecule has 1 aliphatic rings. The summed E-state index contributed by atoms with van der Waals surface area (Å²) in [5.41, 5.74) is 2.86. The quantitative estimate of drug-likeness (QED) is 0.808. The van der Waals surface area contributed by atoms with Crippen LogP contribution < -0.4 is 0 Å². The van der Waals surface area contributed by atoms with Crippen molar-refractivity contribution in [2.75, 3.05) is 0 Å². The van der Waals surface area contributed by atoms with E-state index in [-0.39, 0.29) is 0 Å². The number of fused-ring (bicyclic) bond motifs is 1. The van der Waals surface area contributed by atoms with Gasteiger partial charge in [0.1, 0.15) is 0 Å². The number of aromatic nitrogens is 2. The van der Waals surface area contributed by atoms with E-state index >= 15 is 0 Å². The molecule has 2 heterocycles. The Morgan fingerprint density at radius 2 is 2.18 bits per heavy atom. The van der Waals surface area contributed by atoms with Crippen LogP contribution in [0.2, 0.25) is 0 Å². The lowest BCUT2D eigenvalue weighted by molar-refractivity contribution is 0.145. The average molecular weight is 231 g/mol. The normalized spacial score (nSPS) is 13.8. The third-order valence-electron chi connectivity index (χ3n) is 2.82. The van der Waals surface area contributed by atoms with Crippen LogP contribution in [0, 0.1) is 0 Å². The van der Waals surface area contributed by atoms with Crippen molar-refractivity contribution in [2.24, 2.45) is 0 Å². The lowest BCUT2D eigenvalue weighted by Gasteiger charge is -2.08. The fourth-order valence-corrected chi connectivity index (χ4v) is 1.97. The van der Waals surface area contributed by atoms with E-state index in [1.54, 1.807) is 0 Å². The molecular formula is C11H9N3O3. The molecule has 0 atom stereocenters. The van der Waals surface area contributed by atoms with Crippen molar-refractivity contribution in [3.05, 3.63) is 35.7 Å². The van der Waals surface area contributed by atoms with Crippen molar-refractivity contribution >= 4 is 6.09 Å². The van der Waals surface area contributed by atoms with Crippen LogP contribution in [0.3, 0.4) is 0 Å². The summed E-state index contributed by atoms with van der Waals surface area (Å²) in [5.74, 6) is 0.515. The number of carbonyl (C=O) groups is 1. The first-order valence-electron chi connectivity index (χ1n) is 5.10. The van der Waals surface area contributed by atoms with Crippen molar-refractivity contribution < 1.29 is 14.4 Å². The Morgan fingerprint density at radius 3 is 2.88 bits per heavy atom. The summed E-state index contributed by atoms with van der Waals surface area (Å²) >= 11 is 0. The first-order valence-corrected chi connectivity index (χ1v) is 5.10. The maximum Gasteiger partial charge on any atom is 0.407 e. The first-order chi connectivity index (χ1) is 8.24. The Labute approximate surface area is 96.5 Å². The lowest BCUT2D eigenvalue weighted by atomic mass is 10.1. The van der Waals surface area contributed by atoms with E-state index in [0.29, 0.717) is 18.9 Å². The summed E-state index contributed by atoms with van der Waals surface area (Å²) in [6.07, 6.45) is 0.369. The van der Waals surface area contributed by atoms with Crippen LogP contribution >= 0.6 is 0 Å². The number of hydrogen-bond donors (Lipinski definition) is 1. The van der Waals surface area contributed by atoms with Gasteiger partial charge in [0.2, 0.25) is 12.2 Å². The van der Waals surface area contributed by atoms with E-state index in [2.05, 4.69) is 14.7 Å². The molecule has 2 aromatic rings. The van der Waals surface area contributed by atoms with Gasteiger partial charge in [0.05, 0.1) is 0 Å². The zero-order chi connectivity index (χ0) is 11.8. The molecule has 0 unspecified atom stereocenters. The first kappa shape index (κ1) is 9.83. The molecule has 17 heavy (non-hydrogen) atoms. The van der Waals surface area contributed by atoms with Gasteiger partial charge in [0.15, 0.2) is 0 Å². The Bertz CT molecular complexity index is 565. The van der Waals surface area contributed by atoms with Gasteiger partial charge in [-0.15, -0.1) is 0 Å². The molecule has 0 saturated carbocycles. The number of benzene rings is 1. The van der Waals surface area contributed by atoms with Crippen molar-refractivity contribution in [1.29, 1.82) is 0 Å². The lowest BCUT2D eigenvalue weighted by Crippen LogP contribution is -2.22. The van der Waals surface area contributed by atoms with Crippen LogP contribution in [-0.4, -0.2) is 26.2 Å². The number of hydrogen-bond acceptors (Lipinski definition) is 4. The number of rotatable bonds is 1. The van der Waals surface area contributed by atoms with Crippen molar-refractivity contribution in [3.63, 3.8) is 0 Å². The molecule has 6 nitrogen and oxygen atoms in total. The minimum atomic E-state index is -0.901. The largest absolute Gasteiger partial charge is 0.465 e. The Hall–Kier alpha value is -2.37. The van der Waals surface area contributed by atoms with E-state index < -0.39 is 6.09 Å². The molecule has 0 bridgehead atoms. The monoisotopic (exact) mass is 231 g/mol. The molecular weight excluding hydrogens is 222 g/mol. The van der Waals surface area contributed by atoms with Crippen LogP contribution in [0.25, 0.3) is 11.4 Å². The predicted molar refractivity (Wildman–Crippen MR) is 57.0 cm³/mol. The van der Waals surface area contributed by atoms with E-state index in [1.807, 2.05) is 18.2 Å². The van der Waals surface area contributed by atoms with E-state index in [4.69, 9.17) is 5.11 Å². The van der Waals surface area contributed by atoms with Gasteiger partial charge in [-0.3, -0.25) is 4.90 Å². The van der Waals surface area contributed by atoms with Crippen LogP contribution in [-0.2, 0) is 13.1 Å². The van der Waals surface area contributed by atoms with E-state index in [1.165, 1.54) is 11.3 Å². The molecule has 0 saturated heterocycles. The second-order valence-corrected chi connectivity index (χ2v) is 3.88. The van der Waals surface area contributed by atoms with E-state index in [9.17, 15) is 4.79 Å². The Morgan fingerprint density at radius 1 is 1.35 bits per heavy atom. The SMILES string of the molecule is O=C(O)N1Cc2ccc(-c3ncon3)cc2C1. The summed E-state index contributed by atoms with van der Waals surface area (Å²) < 4.78 is 4.68. The van der Waals surface area contributed by atoms with Gasteiger partial charge in [0, 0.05) is 18.7 Å². The molecule has 86 valence electrons. The van der Waals surface area contributed by atoms with Gasteiger partial charge in [-0.1, -0.05) is 17.3 Å². The van der Waals surface area contributed by atoms with Crippen molar-refractivity contribution in [3.8, 4) is 11.4 Å². The molecule has 0 radical (unpaired) electrons. The number of nitrogens with zero attached hydrogens (tertiary/aromatic N) is 3. The van der Waals surface area contributed by atoms with Crippen molar-refractivity contribution in [2.45, 2.75) is 13.1 Å². The molecule has 1 aromatic carbocycles. The summed E-state index contributed by atoms with van der Waals surface area (Å²) in [6.45, 7) is 0.855. The highest BCUT2D eigenvalue weighted by atomic mass is 16.5. The number of amides is 1. The fourth-order valence-electron chi connectivity index (χ4n) is 1.97. The van der Waals surface area contributed by atoms with Crippen LogP contribution in [0.15, 0.2) is 29.1 Å². The molecule has 1 aliphatic heterocycles. The van der Waals surface area contributed by atoms with Crippen LogP contribution in [0.5, 0.6) is 0 Å². The predicted octanol–water partition coefficient (Wildman–Crippen LogP) is 1.73. The minimum absolute atomic E-state index is 0.413. The van der Waals surface area contributed by atoms with Crippen LogP contribution in [0.4, 0.5) is 4.79 Å². The molecule has 6 heteroatoms. The van der Waals surface area contributed by atoms with Gasteiger partial charge in [0.25, 0.3) is 0 Å². The third-order valence-corrected chi connectivity index (χ3v) is 2.82. The molecule has 1 amide bonds.